The van der Waals surface area contributed by atoms with Gasteiger partial charge in [-0.1, -0.05) is 61.5 Å². The van der Waals surface area contributed by atoms with Crippen molar-refractivity contribution >= 4 is 22.6 Å². The molecule has 0 saturated heterocycles. The number of carbonyl (C=O) groups excluding carboxylic acids is 1. The molecule has 32 heavy (non-hydrogen) atoms. The zero-order valence-electron chi connectivity index (χ0n) is 18.2. The van der Waals surface area contributed by atoms with E-state index in [1.165, 1.54) is 0 Å². The second-order valence-electron chi connectivity index (χ2n) is 7.73. The summed E-state index contributed by atoms with van der Waals surface area (Å²) in [6.07, 6.45) is 0.772. The Morgan fingerprint density at radius 2 is 1.81 bits per heavy atom. The van der Waals surface area contributed by atoms with Crippen LogP contribution in [0.4, 0.5) is 5.69 Å². The molecule has 5 nitrogen and oxygen atoms in total. The summed E-state index contributed by atoms with van der Waals surface area (Å²) in [7, 11) is 0. The number of ether oxygens (including phenoxy) is 1. The number of esters is 1. The lowest BCUT2D eigenvalue weighted by Crippen LogP contribution is -2.14. The van der Waals surface area contributed by atoms with Gasteiger partial charge in [0.25, 0.3) is 0 Å². The van der Waals surface area contributed by atoms with E-state index in [0.29, 0.717) is 23.3 Å². The van der Waals surface area contributed by atoms with Crippen molar-refractivity contribution in [1.82, 2.24) is 4.98 Å². The summed E-state index contributed by atoms with van der Waals surface area (Å²) in [5.41, 5.74) is 4.33. The van der Waals surface area contributed by atoms with Crippen LogP contribution >= 0.6 is 0 Å². The number of nitrogens with one attached hydrogen (secondary N) is 1. The van der Waals surface area contributed by atoms with E-state index in [1.54, 1.807) is 12.1 Å². The number of pyridine rings is 1. The third-order valence-corrected chi connectivity index (χ3v) is 5.30. The van der Waals surface area contributed by atoms with Gasteiger partial charge in [0.2, 0.25) is 0 Å². The molecule has 0 saturated carbocycles. The molecule has 2 N–H and O–H groups in total. The summed E-state index contributed by atoms with van der Waals surface area (Å²) in [4.78, 5) is 16.9. The van der Waals surface area contributed by atoms with Crippen molar-refractivity contribution in [2.45, 2.75) is 26.3 Å². The Morgan fingerprint density at radius 3 is 2.59 bits per heavy atom. The van der Waals surface area contributed by atoms with Crippen LogP contribution in [0.3, 0.4) is 0 Å². The van der Waals surface area contributed by atoms with E-state index in [0.717, 1.165) is 28.8 Å². The van der Waals surface area contributed by atoms with Crippen LogP contribution in [0.2, 0.25) is 0 Å². The van der Waals surface area contributed by atoms with Crippen molar-refractivity contribution < 1.29 is 14.6 Å². The maximum absolute atomic E-state index is 12.3. The first kappa shape index (κ1) is 21.4. The zero-order valence-corrected chi connectivity index (χ0v) is 18.2. The van der Waals surface area contributed by atoms with Crippen molar-refractivity contribution in [2.75, 3.05) is 11.9 Å². The fourth-order valence-corrected chi connectivity index (χ4v) is 3.69. The molecule has 0 radical (unpaired) electrons. The molecule has 0 aliphatic rings. The fraction of sp³-hybridized carbons (Fsp3) is 0.185. The van der Waals surface area contributed by atoms with Crippen LogP contribution in [0.15, 0.2) is 78.9 Å². The van der Waals surface area contributed by atoms with E-state index in [9.17, 15) is 9.90 Å². The predicted octanol–water partition coefficient (Wildman–Crippen LogP) is 6.02. The average Bonchev–Trinajstić information content (AvgIpc) is 2.82. The van der Waals surface area contributed by atoms with E-state index in [4.69, 9.17) is 4.74 Å². The van der Waals surface area contributed by atoms with Crippen molar-refractivity contribution in [2.24, 2.45) is 0 Å². The topological polar surface area (TPSA) is 71.5 Å². The second kappa shape index (κ2) is 9.52. The van der Waals surface area contributed by atoms with Gasteiger partial charge in [-0.25, -0.2) is 9.78 Å². The molecule has 0 amide bonds. The Labute approximate surface area is 187 Å². The normalized spacial score (nSPS) is 11.8. The van der Waals surface area contributed by atoms with Crippen molar-refractivity contribution in [3.63, 3.8) is 0 Å². The first-order chi connectivity index (χ1) is 15.6. The molecule has 1 aromatic heterocycles. The van der Waals surface area contributed by atoms with Gasteiger partial charge < -0.3 is 15.2 Å². The summed E-state index contributed by atoms with van der Waals surface area (Å²) in [5.74, 6) is -0.203. The van der Waals surface area contributed by atoms with Crippen LogP contribution in [0, 0.1) is 6.92 Å². The lowest BCUT2D eigenvalue weighted by molar-refractivity contribution is 0.0505. The molecule has 0 fully saturated rings. The fourth-order valence-electron chi connectivity index (χ4n) is 3.69. The third-order valence-electron chi connectivity index (χ3n) is 5.30. The first-order valence-electron chi connectivity index (χ1n) is 10.7. The van der Waals surface area contributed by atoms with Gasteiger partial charge in [-0.2, -0.15) is 0 Å². The largest absolute Gasteiger partial charge is 0.505 e. The quantitative estimate of drug-likeness (QED) is 0.354. The van der Waals surface area contributed by atoms with Gasteiger partial charge in [0.05, 0.1) is 18.2 Å². The molecule has 0 aliphatic carbocycles. The minimum absolute atomic E-state index is 0.145. The number of aromatic hydroxyl groups is 1. The summed E-state index contributed by atoms with van der Waals surface area (Å²) < 4.78 is 5.27. The zero-order chi connectivity index (χ0) is 22.5. The molecule has 162 valence electrons. The summed E-state index contributed by atoms with van der Waals surface area (Å²) in [6, 6.07) is 24.5. The molecule has 0 bridgehead atoms. The molecule has 4 aromatic rings. The maximum atomic E-state index is 12.3. The van der Waals surface area contributed by atoms with Crippen molar-refractivity contribution in [3.8, 4) is 5.75 Å². The molecular formula is C27H26N2O3. The van der Waals surface area contributed by atoms with E-state index in [1.807, 2.05) is 80.6 Å². The van der Waals surface area contributed by atoms with Crippen molar-refractivity contribution in [1.29, 1.82) is 0 Å². The molecule has 4 rings (SSSR count). The van der Waals surface area contributed by atoms with Gasteiger partial charge in [0.1, 0.15) is 11.3 Å². The molecule has 0 spiro atoms. The lowest BCUT2D eigenvalue weighted by Gasteiger charge is -2.23. The molecule has 5 heteroatoms. The molecule has 1 atom stereocenters. The number of hydrogen-bond donors (Lipinski definition) is 2. The van der Waals surface area contributed by atoms with Crippen molar-refractivity contribution in [3.05, 3.63) is 101 Å². The number of hydrogen-bond acceptors (Lipinski definition) is 5. The van der Waals surface area contributed by atoms with Gasteiger partial charge in [0.15, 0.2) is 0 Å². The molecule has 0 aliphatic heterocycles. The number of anilines is 1. The molecule has 1 unspecified atom stereocenters. The Kier molecular flexibility index (Phi) is 6.36. The maximum Gasteiger partial charge on any atom is 0.338 e. The highest BCUT2D eigenvalue weighted by molar-refractivity contribution is 5.90. The number of phenolic OH excluding ortho intramolecular Hbond substituents is 1. The Balaban J connectivity index is 1.75. The number of aromatic nitrogens is 1. The highest BCUT2D eigenvalue weighted by Gasteiger charge is 2.20. The minimum Gasteiger partial charge on any atom is -0.505 e. The number of fused-ring (bicyclic) bond motifs is 1. The summed E-state index contributed by atoms with van der Waals surface area (Å²) >= 11 is 0. The van der Waals surface area contributed by atoms with E-state index in [2.05, 4.69) is 10.3 Å². The van der Waals surface area contributed by atoms with E-state index >= 15 is 0 Å². The van der Waals surface area contributed by atoms with Crippen LogP contribution < -0.4 is 5.32 Å². The first-order valence-corrected chi connectivity index (χ1v) is 10.7. The average molecular weight is 427 g/mol. The second-order valence-corrected chi connectivity index (χ2v) is 7.73. The SMILES string of the molecule is CCCOC(=O)c1cccc(NC(c2ccccc2)c2ccc3ccc(C)nc3c2O)c1. The Hall–Kier alpha value is -3.86. The highest BCUT2D eigenvalue weighted by atomic mass is 16.5. The summed E-state index contributed by atoms with van der Waals surface area (Å²) in [5, 5.41) is 15.5. The Morgan fingerprint density at radius 1 is 1.03 bits per heavy atom. The lowest BCUT2D eigenvalue weighted by atomic mass is 9.95. The van der Waals surface area contributed by atoms with Gasteiger partial charge in [0, 0.05) is 22.3 Å². The van der Waals surface area contributed by atoms with E-state index in [-0.39, 0.29) is 17.8 Å². The van der Waals surface area contributed by atoms with Crippen LogP contribution in [-0.2, 0) is 4.74 Å². The number of aryl methyl sites for hydroxylation is 1. The minimum atomic E-state index is -0.347. The van der Waals surface area contributed by atoms with Gasteiger partial charge in [-0.05, 0) is 43.2 Å². The number of carbonyl (C=O) groups is 1. The van der Waals surface area contributed by atoms with Crippen LogP contribution in [0.5, 0.6) is 5.75 Å². The molecular weight excluding hydrogens is 400 g/mol. The number of phenols is 1. The summed E-state index contributed by atoms with van der Waals surface area (Å²) in [6.45, 7) is 4.25. The predicted molar refractivity (Wildman–Crippen MR) is 127 cm³/mol. The van der Waals surface area contributed by atoms with Crippen LogP contribution in [-0.4, -0.2) is 22.7 Å². The van der Waals surface area contributed by atoms with Crippen LogP contribution in [0.1, 0.15) is 46.6 Å². The van der Waals surface area contributed by atoms with Gasteiger partial charge in [-0.3, -0.25) is 0 Å². The number of benzene rings is 3. The van der Waals surface area contributed by atoms with Gasteiger partial charge >= 0.3 is 5.97 Å². The smallest absolute Gasteiger partial charge is 0.338 e. The monoisotopic (exact) mass is 426 g/mol. The Bertz CT molecular complexity index is 1240. The van der Waals surface area contributed by atoms with Crippen LogP contribution in [0.25, 0.3) is 10.9 Å². The molecule has 3 aromatic carbocycles. The van der Waals surface area contributed by atoms with E-state index < -0.39 is 0 Å². The highest BCUT2D eigenvalue weighted by Crippen LogP contribution is 2.36. The molecule has 1 heterocycles. The third kappa shape index (κ3) is 4.57. The number of rotatable bonds is 7. The number of nitrogens with zero attached hydrogens (tertiary/aromatic N) is 1. The standard InChI is InChI=1S/C27H26N2O3/c1-3-16-32-27(31)21-10-7-11-22(17-21)29-24(19-8-5-4-6-9-19)23-15-14-20-13-12-18(2)28-25(20)26(23)30/h4-15,17,24,29-30H,3,16H2,1-2H3. The van der Waals surface area contributed by atoms with Gasteiger partial charge in [-0.15, -0.1) is 0 Å².